The summed E-state index contributed by atoms with van der Waals surface area (Å²) in [7, 11) is -2.63. The topological polar surface area (TPSA) is 26.8 Å². The Bertz CT molecular complexity index is 2420. The molecule has 9 aromatic carbocycles. The van der Waals surface area contributed by atoms with Gasteiger partial charge in [-0.3, -0.25) is 0 Å². The molecule has 0 aromatic heterocycles. The van der Waals surface area contributed by atoms with Crippen molar-refractivity contribution < 1.29 is 4.57 Å². The Morgan fingerprint density at radius 3 is 0.585 bits per heavy atom. The number of anilines is 9. The zero-order valence-corrected chi connectivity index (χ0v) is 37.6. The number of benzene rings is 9. The van der Waals surface area contributed by atoms with Gasteiger partial charge in [0, 0.05) is 69.7 Å². The van der Waals surface area contributed by atoms with Crippen LogP contribution in [0.1, 0.15) is 16.7 Å². The first-order valence-electron chi connectivity index (χ1n) is 22.6. The number of hydrogen-bond donors (Lipinski definition) is 0. The first-order valence-corrected chi connectivity index (χ1v) is 24.9. The van der Waals surface area contributed by atoms with Gasteiger partial charge in [0.25, 0.3) is 0 Å². The molecule has 0 aliphatic carbocycles. The second kappa shape index (κ2) is 20.9. The molecule has 0 spiro atoms. The molecule has 4 nitrogen and oxygen atoms in total. The van der Waals surface area contributed by atoms with E-state index in [1.165, 1.54) is 16.7 Å². The molecular weight excluding hydrogens is 810 g/mol. The zero-order valence-electron chi connectivity index (χ0n) is 36.7. The van der Waals surface area contributed by atoms with Gasteiger partial charge in [0.1, 0.15) is 0 Å². The summed E-state index contributed by atoms with van der Waals surface area (Å²) >= 11 is 0. The van der Waals surface area contributed by atoms with Gasteiger partial charge in [-0.15, -0.1) is 0 Å². The molecule has 0 saturated heterocycles. The van der Waals surface area contributed by atoms with Crippen LogP contribution in [0.2, 0.25) is 0 Å². The van der Waals surface area contributed by atoms with E-state index in [0.29, 0.717) is 18.5 Å². The van der Waals surface area contributed by atoms with E-state index in [0.717, 1.165) is 70.4 Å². The summed E-state index contributed by atoms with van der Waals surface area (Å²) in [5.41, 5.74) is 13.5. The number of para-hydroxylation sites is 6. The van der Waals surface area contributed by atoms with Gasteiger partial charge in [0.15, 0.2) is 0 Å². The zero-order chi connectivity index (χ0) is 44.1. The van der Waals surface area contributed by atoms with Crippen molar-refractivity contribution >= 4 is 58.3 Å². The SMILES string of the molecule is O=P(CCc1ccc(N(c2ccccc2)c2ccccc2)cc1)(CCc1ccc(N(c2ccccc2)c2ccccc2)cc1)CCc1ccc(N(c2ccccc2)c2ccccc2)cc1. The predicted molar refractivity (Wildman–Crippen MR) is 277 cm³/mol. The molecule has 0 fully saturated rings. The molecule has 9 aromatic rings. The Labute approximate surface area is 385 Å². The molecule has 0 amide bonds. The van der Waals surface area contributed by atoms with Crippen molar-refractivity contribution in [2.24, 2.45) is 0 Å². The highest BCUT2D eigenvalue weighted by Gasteiger charge is 2.23. The molecular formula is C60H54N3OP. The Morgan fingerprint density at radius 2 is 0.400 bits per heavy atom. The van der Waals surface area contributed by atoms with E-state index in [2.05, 4.69) is 269 Å². The second-order valence-electron chi connectivity index (χ2n) is 16.5. The molecule has 0 aliphatic rings. The van der Waals surface area contributed by atoms with E-state index in [1.54, 1.807) is 0 Å². The third-order valence-electron chi connectivity index (χ3n) is 12.1. The van der Waals surface area contributed by atoms with Gasteiger partial charge < -0.3 is 19.3 Å². The van der Waals surface area contributed by atoms with E-state index < -0.39 is 7.14 Å². The van der Waals surface area contributed by atoms with Gasteiger partial charge in [0.2, 0.25) is 0 Å². The highest BCUT2D eigenvalue weighted by Crippen LogP contribution is 2.48. The maximum atomic E-state index is 15.3. The Balaban J connectivity index is 0.941. The maximum absolute atomic E-state index is 15.3. The quantitative estimate of drug-likeness (QED) is 0.0803. The van der Waals surface area contributed by atoms with E-state index in [1.807, 2.05) is 0 Å². The fourth-order valence-electron chi connectivity index (χ4n) is 8.57. The Kier molecular flexibility index (Phi) is 13.8. The predicted octanol–water partition coefficient (Wildman–Crippen LogP) is 16.5. The molecule has 0 saturated carbocycles. The van der Waals surface area contributed by atoms with Crippen molar-refractivity contribution in [1.29, 1.82) is 0 Å². The van der Waals surface area contributed by atoms with Crippen LogP contribution in [0, 0.1) is 0 Å². The largest absolute Gasteiger partial charge is 0.324 e. The van der Waals surface area contributed by atoms with Crippen LogP contribution in [0.15, 0.2) is 255 Å². The van der Waals surface area contributed by atoms with Crippen LogP contribution in [0.25, 0.3) is 0 Å². The number of aryl methyl sites for hydroxylation is 3. The number of rotatable bonds is 18. The van der Waals surface area contributed by atoms with Crippen molar-refractivity contribution in [2.45, 2.75) is 19.3 Å². The molecule has 0 bridgehead atoms. The molecule has 65 heavy (non-hydrogen) atoms. The van der Waals surface area contributed by atoms with Crippen molar-refractivity contribution in [3.63, 3.8) is 0 Å². The van der Waals surface area contributed by atoms with Crippen LogP contribution >= 0.6 is 7.14 Å². The first kappa shape index (κ1) is 42.9. The summed E-state index contributed by atoms with van der Waals surface area (Å²) in [6.07, 6.45) is 4.27. The summed E-state index contributed by atoms with van der Waals surface area (Å²) in [6.45, 7) is 0. The van der Waals surface area contributed by atoms with E-state index >= 15 is 4.57 Å². The molecule has 0 aliphatic heterocycles. The van der Waals surface area contributed by atoms with Gasteiger partial charge in [-0.25, -0.2) is 0 Å². The van der Waals surface area contributed by atoms with Gasteiger partial charge in [-0.2, -0.15) is 0 Å². The Hall–Kier alpha value is -7.39. The van der Waals surface area contributed by atoms with E-state index in [9.17, 15) is 0 Å². The van der Waals surface area contributed by atoms with Crippen LogP contribution in [0.5, 0.6) is 0 Å². The average molecular weight is 864 g/mol. The van der Waals surface area contributed by atoms with Crippen LogP contribution in [-0.4, -0.2) is 18.5 Å². The van der Waals surface area contributed by atoms with Crippen LogP contribution < -0.4 is 14.7 Å². The van der Waals surface area contributed by atoms with E-state index in [-0.39, 0.29) is 0 Å². The van der Waals surface area contributed by atoms with Crippen molar-refractivity contribution in [3.05, 3.63) is 271 Å². The molecule has 0 radical (unpaired) electrons. The number of nitrogens with zero attached hydrogens (tertiary/aromatic N) is 3. The third kappa shape index (κ3) is 10.9. The van der Waals surface area contributed by atoms with Crippen molar-refractivity contribution in [3.8, 4) is 0 Å². The van der Waals surface area contributed by atoms with Crippen molar-refractivity contribution in [2.75, 3.05) is 33.2 Å². The lowest BCUT2D eigenvalue weighted by atomic mass is 10.1. The van der Waals surface area contributed by atoms with Gasteiger partial charge in [-0.1, -0.05) is 146 Å². The molecule has 0 atom stereocenters. The summed E-state index contributed by atoms with van der Waals surface area (Å²) in [4.78, 5) is 6.84. The summed E-state index contributed by atoms with van der Waals surface area (Å²) in [6, 6.07) is 89.4. The highest BCUT2D eigenvalue weighted by atomic mass is 31.2. The van der Waals surface area contributed by atoms with Crippen LogP contribution in [0.3, 0.4) is 0 Å². The lowest BCUT2D eigenvalue weighted by molar-refractivity contribution is 0.572. The molecule has 0 heterocycles. The minimum atomic E-state index is -2.63. The minimum Gasteiger partial charge on any atom is -0.324 e. The van der Waals surface area contributed by atoms with Crippen molar-refractivity contribution in [1.82, 2.24) is 0 Å². The lowest BCUT2D eigenvalue weighted by Crippen LogP contribution is -2.11. The molecule has 0 unspecified atom stereocenters. The monoisotopic (exact) mass is 863 g/mol. The normalized spacial score (nSPS) is 11.2. The highest BCUT2D eigenvalue weighted by molar-refractivity contribution is 7.63. The standard InChI is InChI=1S/C60H54N3OP/c64-65(46-43-49-31-37-58(38-32-49)61(52-19-7-1-8-20-52)53-21-9-2-10-22-53,47-44-50-33-39-59(40-34-50)62(54-23-11-3-12-24-54)55-25-13-4-14-26-55)48-45-51-35-41-60(42-36-51)63(56-27-15-5-16-28-56)57-29-17-6-18-30-57/h1-42H,43-48H2. The minimum absolute atomic E-state index is 0.662. The van der Waals surface area contributed by atoms with Gasteiger partial charge in [0.05, 0.1) is 7.14 Å². The first-order chi connectivity index (χ1) is 32.1. The summed E-state index contributed by atoms with van der Waals surface area (Å²) in [5.74, 6) is 0. The van der Waals surface area contributed by atoms with Crippen LogP contribution in [-0.2, 0) is 23.8 Å². The molecule has 320 valence electrons. The fraction of sp³-hybridized carbons (Fsp3) is 0.100. The van der Waals surface area contributed by atoms with Gasteiger partial charge >= 0.3 is 0 Å². The summed E-state index contributed by atoms with van der Waals surface area (Å²) < 4.78 is 15.3. The average Bonchev–Trinajstić information content (AvgIpc) is 3.38. The molecule has 9 rings (SSSR count). The van der Waals surface area contributed by atoms with E-state index in [4.69, 9.17) is 0 Å². The molecule has 0 N–H and O–H groups in total. The lowest BCUT2D eigenvalue weighted by Gasteiger charge is -2.26. The fourth-order valence-corrected chi connectivity index (χ4v) is 11.2. The maximum Gasteiger partial charge on any atom is 0.0887 e. The molecule has 5 heteroatoms. The van der Waals surface area contributed by atoms with Crippen LogP contribution in [0.4, 0.5) is 51.2 Å². The third-order valence-corrected chi connectivity index (χ3v) is 15.2. The van der Waals surface area contributed by atoms with Gasteiger partial charge in [-0.05, 0) is 145 Å². The number of hydrogen-bond acceptors (Lipinski definition) is 4. The second-order valence-corrected chi connectivity index (χ2v) is 20.0. The smallest absolute Gasteiger partial charge is 0.0887 e. The Morgan fingerprint density at radius 1 is 0.231 bits per heavy atom. The summed E-state index contributed by atoms with van der Waals surface area (Å²) in [5, 5.41) is 0.